The molecule has 1 fully saturated rings. The monoisotopic (exact) mass is 264 g/mol. The van der Waals surface area contributed by atoms with Crippen molar-refractivity contribution in [2.75, 3.05) is 19.6 Å². The highest BCUT2D eigenvalue weighted by Crippen LogP contribution is 2.28. The molecule has 0 saturated carbocycles. The third-order valence-electron chi connectivity index (χ3n) is 3.33. The molecule has 0 bridgehead atoms. The van der Waals surface area contributed by atoms with Gasteiger partial charge in [-0.15, -0.1) is 22.7 Å². The second-order valence-electron chi connectivity index (χ2n) is 4.49. The lowest BCUT2D eigenvalue weighted by molar-refractivity contribution is 0.339. The summed E-state index contributed by atoms with van der Waals surface area (Å²) in [5, 5.41) is 5.57. The van der Waals surface area contributed by atoms with E-state index in [1.54, 1.807) is 11.3 Å². The maximum absolute atomic E-state index is 4.44. The summed E-state index contributed by atoms with van der Waals surface area (Å²) < 4.78 is 0. The summed E-state index contributed by atoms with van der Waals surface area (Å²) in [7, 11) is 0. The summed E-state index contributed by atoms with van der Waals surface area (Å²) in [6.45, 7) is 3.62. The van der Waals surface area contributed by atoms with E-state index in [1.165, 1.54) is 42.4 Å². The van der Waals surface area contributed by atoms with E-state index in [0.717, 1.165) is 0 Å². The zero-order valence-electron chi connectivity index (χ0n) is 9.71. The van der Waals surface area contributed by atoms with Crippen LogP contribution in [-0.2, 0) is 6.42 Å². The van der Waals surface area contributed by atoms with E-state index in [1.807, 2.05) is 17.5 Å². The van der Waals surface area contributed by atoms with E-state index in [4.69, 9.17) is 0 Å². The highest BCUT2D eigenvalue weighted by Gasteiger charge is 2.25. The number of thiophene rings is 1. The van der Waals surface area contributed by atoms with Gasteiger partial charge in [0.2, 0.25) is 0 Å². The van der Waals surface area contributed by atoms with Crippen molar-refractivity contribution >= 4 is 22.7 Å². The van der Waals surface area contributed by atoms with E-state index in [0.29, 0.717) is 5.92 Å². The molecule has 1 aliphatic rings. The predicted octanol–water partition coefficient (Wildman–Crippen LogP) is 3.24. The largest absolute Gasteiger partial charge is 0.302 e. The van der Waals surface area contributed by atoms with Crippen molar-refractivity contribution in [1.82, 2.24) is 9.88 Å². The molecule has 0 aliphatic carbocycles. The Morgan fingerprint density at radius 3 is 3.12 bits per heavy atom. The Kier molecular flexibility index (Phi) is 3.54. The maximum atomic E-state index is 4.44. The summed E-state index contributed by atoms with van der Waals surface area (Å²) in [6.07, 6.45) is 4.40. The molecule has 2 aromatic heterocycles. The highest BCUT2D eigenvalue weighted by molar-refractivity contribution is 7.10. The summed E-state index contributed by atoms with van der Waals surface area (Å²) in [5.41, 5.74) is 0. The second-order valence-corrected chi connectivity index (χ2v) is 6.44. The molecule has 90 valence electrons. The Labute approximate surface area is 110 Å². The molecule has 3 rings (SSSR count). The molecule has 1 unspecified atom stereocenters. The molecule has 0 amide bonds. The van der Waals surface area contributed by atoms with Gasteiger partial charge in [-0.1, -0.05) is 6.07 Å². The third kappa shape index (κ3) is 2.76. The Morgan fingerprint density at radius 1 is 1.35 bits per heavy atom. The summed E-state index contributed by atoms with van der Waals surface area (Å²) in [6, 6.07) is 4.38. The van der Waals surface area contributed by atoms with Crippen LogP contribution in [0.2, 0.25) is 0 Å². The van der Waals surface area contributed by atoms with Crippen LogP contribution in [0.5, 0.6) is 0 Å². The minimum atomic E-state index is 0.679. The molecule has 2 aromatic rings. The third-order valence-corrected chi connectivity index (χ3v) is 5.20. The van der Waals surface area contributed by atoms with Crippen molar-refractivity contribution in [3.63, 3.8) is 0 Å². The SMILES string of the molecule is c1csc(CCN2CCC(c3nccs3)C2)c1. The average molecular weight is 264 g/mol. The number of rotatable bonds is 4. The van der Waals surface area contributed by atoms with Gasteiger partial charge in [0.1, 0.15) is 0 Å². The highest BCUT2D eigenvalue weighted by atomic mass is 32.1. The fourth-order valence-corrected chi connectivity index (χ4v) is 3.86. The van der Waals surface area contributed by atoms with Gasteiger partial charge in [-0.25, -0.2) is 4.98 Å². The average Bonchev–Trinajstić information content (AvgIpc) is 3.09. The van der Waals surface area contributed by atoms with Crippen LogP contribution in [0, 0.1) is 0 Å². The molecule has 3 heterocycles. The van der Waals surface area contributed by atoms with E-state index in [9.17, 15) is 0 Å². The molecule has 1 aliphatic heterocycles. The maximum Gasteiger partial charge on any atom is 0.0969 e. The van der Waals surface area contributed by atoms with Gasteiger partial charge in [-0.2, -0.15) is 0 Å². The lowest BCUT2D eigenvalue weighted by Crippen LogP contribution is -2.22. The molecule has 0 aromatic carbocycles. The van der Waals surface area contributed by atoms with Crippen molar-refractivity contribution in [1.29, 1.82) is 0 Å². The summed E-state index contributed by atoms with van der Waals surface area (Å²) in [4.78, 5) is 8.51. The lowest BCUT2D eigenvalue weighted by Gasteiger charge is -2.14. The van der Waals surface area contributed by atoms with E-state index < -0.39 is 0 Å². The first-order valence-electron chi connectivity index (χ1n) is 6.06. The van der Waals surface area contributed by atoms with Gasteiger partial charge in [-0.3, -0.25) is 0 Å². The van der Waals surface area contributed by atoms with E-state index in [2.05, 4.69) is 32.8 Å². The number of thiazole rings is 1. The van der Waals surface area contributed by atoms with Gasteiger partial charge in [0.15, 0.2) is 0 Å². The van der Waals surface area contributed by atoms with Gasteiger partial charge in [0.05, 0.1) is 5.01 Å². The zero-order valence-corrected chi connectivity index (χ0v) is 11.3. The van der Waals surface area contributed by atoms with Crippen LogP contribution in [0.4, 0.5) is 0 Å². The molecule has 0 spiro atoms. The molecule has 1 saturated heterocycles. The smallest absolute Gasteiger partial charge is 0.0969 e. The van der Waals surface area contributed by atoms with Crippen molar-refractivity contribution in [2.24, 2.45) is 0 Å². The molecule has 1 atom stereocenters. The molecule has 0 N–H and O–H groups in total. The molecule has 0 radical (unpaired) electrons. The number of aromatic nitrogens is 1. The molecular weight excluding hydrogens is 248 g/mol. The van der Waals surface area contributed by atoms with Crippen molar-refractivity contribution in [3.05, 3.63) is 39.0 Å². The van der Waals surface area contributed by atoms with Crippen LogP contribution in [0.3, 0.4) is 0 Å². The number of likely N-dealkylation sites (tertiary alicyclic amines) is 1. The molecule has 17 heavy (non-hydrogen) atoms. The Hall–Kier alpha value is -0.710. The van der Waals surface area contributed by atoms with Gasteiger partial charge < -0.3 is 4.90 Å². The van der Waals surface area contributed by atoms with Crippen LogP contribution in [0.15, 0.2) is 29.1 Å². The van der Waals surface area contributed by atoms with Gasteiger partial charge >= 0.3 is 0 Å². The minimum Gasteiger partial charge on any atom is -0.302 e. The first-order chi connectivity index (χ1) is 8.42. The van der Waals surface area contributed by atoms with Crippen molar-refractivity contribution in [2.45, 2.75) is 18.8 Å². The van der Waals surface area contributed by atoms with Crippen molar-refractivity contribution < 1.29 is 0 Å². The predicted molar refractivity (Wildman–Crippen MR) is 73.9 cm³/mol. The lowest BCUT2D eigenvalue weighted by atomic mass is 10.1. The van der Waals surface area contributed by atoms with Gasteiger partial charge in [0, 0.05) is 35.5 Å². The minimum absolute atomic E-state index is 0.679. The number of hydrogen-bond donors (Lipinski definition) is 0. The van der Waals surface area contributed by atoms with Gasteiger partial charge in [0.25, 0.3) is 0 Å². The van der Waals surface area contributed by atoms with Crippen LogP contribution in [0.25, 0.3) is 0 Å². The molecule has 2 nitrogen and oxygen atoms in total. The zero-order chi connectivity index (χ0) is 11.5. The topological polar surface area (TPSA) is 16.1 Å². The Morgan fingerprint density at radius 2 is 2.35 bits per heavy atom. The number of hydrogen-bond acceptors (Lipinski definition) is 4. The Bertz CT molecular complexity index is 436. The fourth-order valence-electron chi connectivity index (χ4n) is 2.40. The van der Waals surface area contributed by atoms with Gasteiger partial charge in [-0.05, 0) is 30.8 Å². The normalized spacial score (nSPS) is 21.1. The summed E-state index contributed by atoms with van der Waals surface area (Å²) >= 11 is 3.67. The first kappa shape index (κ1) is 11.4. The van der Waals surface area contributed by atoms with E-state index in [-0.39, 0.29) is 0 Å². The first-order valence-corrected chi connectivity index (χ1v) is 7.82. The van der Waals surface area contributed by atoms with Crippen LogP contribution < -0.4 is 0 Å². The summed E-state index contributed by atoms with van der Waals surface area (Å²) in [5.74, 6) is 0.679. The second kappa shape index (κ2) is 5.29. The van der Waals surface area contributed by atoms with Crippen molar-refractivity contribution in [3.8, 4) is 0 Å². The fraction of sp³-hybridized carbons (Fsp3) is 0.462. The van der Waals surface area contributed by atoms with E-state index >= 15 is 0 Å². The quantitative estimate of drug-likeness (QED) is 0.843. The van der Waals surface area contributed by atoms with Crippen LogP contribution in [-0.4, -0.2) is 29.5 Å². The Balaban J connectivity index is 1.51. The standard InChI is InChI=1S/C13H16N2S2/c1-2-12(16-8-1)4-7-15-6-3-11(10-15)13-14-5-9-17-13/h1-2,5,8-9,11H,3-4,6-7,10H2. The van der Waals surface area contributed by atoms with Crippen LogP contribution >= 0.6 is 22.7 Å². The van der Waals surface area contributed by atoms with Crippen LogP contribution in [0.1, 0.15) is 22.2 Å². The molecule has 4 heteroatoms. The molecular formula is C13H16N2S2. The number of nitrogens with zero attached hydrogens (tertiary/aromatic N) is 2.